The molecule has 0 aliphatic carbocycles. The van der Waals surface area contributed by atoms with Gasteiger partial charge in [-0.05, 0) is 26.3 Å². The van der Waals surface area contributed by atoms with E-state index in [4.69, 9.17) is 11.6 Å². The molecule has 11 nitrogen and oxygen atoms in total. The van der Waals surface area contributed by atoms with Crippen molar-refractivity contribution in [3.63, 3.8) is 0 Å². The third-order valence-electron chi connectivity index (χ3n) is 4.68. The Hall–Kier alpha value is -3.21. The maximum absolute atomic E-state index is 13.0. The van der Waals surface area contributed by atoms with Gasteiger partial charge in [-0.15, -0.1) is 0 Å². The largest absolute Gasteiger partial charge is 0.322 e. The summed E-state index contributed by atoms with van der Waals surface area (Å²) in [6, 6.07) is 0. The first-order chi connectivity index (χ1) is 13.6. The lowest BCUT2D eigenvalue weighted by Crippen LogP contribution is -2.44. The molecule has 0 saturated carbocycles. The van der Waals surface area contributed by atoms with Crippen LogP contribution in [-0.2, 0) is 18.9 Å². The zero-order valence-electron chi connectivity index (χ0n) is 16.4. The highest BCUT2D eigenvalue weighted by molar-refractivity contribution is 6.31. The Kier molecular flexibility index (Phi) is 5.42. The number of carbonyl (C=O) groups is 2. The maximum Gasteiger partial charge on any atom is 0.322 e. The number of aryl methyl sites for hydroxylation is 4. The van der Waals surface area contributed by atoms with Gasteiger partial charge in [-0.1, -0.05) is 11.6 Å². The van der Waals surface area contributed by atoms with Gasteiger partial charge in [-0.3, -0.25) is 29.1 Å². The Bertz CT molecular complexity index is 1040. The van der Waals surface area contributed by atoms with Gasteiger partial charge in [0.15, 0.2) is 0 Å². The van der Waals surface area contributed by atoms with Crippen LogP contribution in [0.3, 0.4) is 0 Å². The summed E-state index contributed by atoms with van der Waals surface area (Å²) < 4.78 is 2.67. The summed E-state index contributed by atoms with van der Waals surface area (Å²) >= 11 is 6.17. The van der Waals surface area contributed by atoms with Crippen molar-refractivity contribution >= 4 is 35.2 Å². The molecule has 2 aromatic rings. The first-order valence-corrected chi connectivity index (χ1v) is 9.19. The number of nitro groups is 1. The van der Waals surface area contributed by atoms with Crippen molar-refractivity contribution in [2.75, 3.05) is 13.1 Å². The van der Waals surface area contributed by atoms with Gasteiger partial charge < -0.3 is 0 Å². The van der Waals surface area contributed by atoms with E-state index in [0.29, 0.717) is 29.4 Å². The van der Waals surface area contributed by atoms with E-state index in [1.807, 2.05) is 0 Å². The number of halogens is 1. The average Bonchev–Trinajstić information content (AvgIpc) is 3.30. The summed E-state index contributed by atoms with van der Waals surface area (Å²) in [6.45, 7) is 3.82. The molecule has 3 rings (SSSR count). The molecule has 1 aliphatic rings. The van der Waals surface area contributed by atoms with E-state index in [-0.39, 0.29) is 23.6 Å². The number of carbonyl (C=O) groups excluding carboxylic acids is 2. The van der Waals surface area contributed by atoms with E-state index in [2.05, 4.69) is 10.2 Å². The monoisotopic (exact) mass is 421 g/mol. The fourth-order valence-electron chi connectivity index (χ4n) is 3.36. The lowest BCUT2D eigenvalue weighted by atomic mass is 10.2. The molecule has 29 heavy (non-hydrogen) atoms. The Morgan fingerprint density at radius 1 is 1.10 bits per heavy atom. The minimum atomic E-state index is -0.644. The molecule has 1 saturated heterocycles. The van der Waals surface area contributed by atoms with Crippen LogP contribution in [0.4, 0.5) is 5.69 Å². The van der Waals surface area contributed by atoms with E-state index in [9.17, 15) is 19.7 Å². The van der Waals surface area contributed by atoms with Crippen LogP contribution in [0.1, 0.15) is 33.9 Å². The van der Waals surface area contributed by atoms with Crippen molar-refractivity contribution in [1.29, 1.82) is 0 Å². The summed E-state index contributed by atoms with van der Waals surface area (Å²) in [4.78, 5) is 36.5. The van der Waals surface area contributed by atoms with Gasteiger partial charge in [0.25, 0.3) is 11.8 Å². The first kappa shape index (κ1) is 20.5. The van der Waals surface area contributed by atoms with Gasteiger partial charge in [0.2, 0.25) is 5.69 Å². The van der Waals surface area contributed by atoms with Crippen molar-refractivity contribution in [3.8, 4) is 0 Å². The molecule has 3 heterocycles. The predicted molar refractivity (Wildman–Crippen MR) is 104 cm³/mol. The molecule has 154 valence electrons. The minimum absolute atomic E-state index is 0.138. The molecule has 0 N–H and O–H groups in total. The van der Waals surface area contributed by atoms with Crippen molar-refractivity contribution in [3.05, 3.63) is 44.0 Å². The molecule has 0 spiro atoms. The zero-order valence-corrected chi connectivity index (χ0v) is 17.2. The van der Waals surface area contributed by atoms with E-state index >= 15 is 0 Å². The van der Waals surface area contributed by atoms with Gasteiger partial charge in [0.05, 0.1) is 10.6 Å². The zero-order chi connectivity index (χ0) is 21.5. The highest BCUT2D eigenvalue weighted by Gasteiger charge is 2.37. The lowest BCUT2D eigenvalue weighted by molar-refractivity contribution is -0.385. The number of nitrogens with zero attached hydrogens (tertiary/aromatic N) is 7. The molecule has 0 unspecified atom stereocenters. The predicted octanol–water partition coefficient (Wildman–Crippen LogP) is 1.63. The number of hydrazine groups is 1. The number of hydrogen-bond acceptors (Lipinski definition) is 6. The third kappa shape index (κ3) is 3.60. The standard InChI is InChI=1S/C17H20ClN7O4/c1-10-12(16(18)22(4)19-10)6-7-13(26)23-8-5-9-24(23)17(27)15-14(25(28)29)11(2)20-21(15)3/h6-7H,5,8-9H2,1-4H3/b7-6+. The first-order valence-electron chi connectivity index (χ1n) is 8.82. The van der Waals surface area contributed by atoms with Crippen LogP contribution in [0.15, 0.2) is 6.08 Å². The minimum Gasteiger partial charge on any atom is -0.268 e. The third-order valence-corrected chi connectivity index (χ3v) is 5.13. The lowest BCUT2D eigenvalue weighted by Gasteiger charge is -2.26. The van der Waals surface area contributed by atoms with Gasteiger partial charge >= 0.3 is 5.69 Å². The summed E-state index contributed by atoms with van der Waals surface area (Å²) in [6.07, 6.45) is 3.41. The molecule has 1 aliphatic heterocycles. The van der Waals surface area contributed by atoms with Crippen molar-refractivity contribution < 1.29 is 14.5 Å². The molecular formula is C17H20ClN7O4. The molecule has 0 radical (unpaired) electrons. The van der Waals surface area contributed by atoms with Crippen LogP contribution in [-0.4, -0.2) is 59.4 Å². The molecule has 0 aromatic carbocycles. The van der Waals surface area contributed by atoms with Crippen molar-refractivity contribution in [2.24, 2.45) is 14.1 Å². The quantitative estimate of drug-likeness (QED) is 0.420. The topological polar surface area (TPSA) is 119 Å². The van der Waals surface area contributed by atoms with Gasteiger partial charge in [-0.2, -0.15) is 10.2 Å². The van der Waals surface area contributed by atoms with E-state index in [1.54, 1.807) is 20.0 Å². The van der Waals surface area contributed by atoms with Gasteiger partial charge in [0, 0.05) is 38.8 Å². The second-order valence-corrected chi connectivity index (χ2v) is 7.01. The number of aromatic nitrogens is 4. The Balaban J connectivity index is 1.87. The number of hydrogen-bond donors (Lipinski definition) is 0. The molecule has 0 bridgehead atoms. The van der Waals surface area contributed by atoms with E-state index in [0.717, 1.165) is 0 Å². The van der Waals surface area contributed by atoms with Crippen LogP contribution >= 0.6 is 11.6 Å². The van der Waals surface area contributed by atoms with E-state index < -0.39 is 16.7 Å². The summed E-state index contributed by atoms with van der Waals surface area (Å²) in [5.41, 5.74) is 0.890. The Labute approximate surface area is 171 Å². The second-order valence-electron chi connectivity index (χ2n) is 6.65. The van der Waals surface area contributed by atoms with Crippen molar-refractivity contribution in [1.82, 2.24) is 29.6 Å². The maximum atomic E-state index is 13.0. The number of rotatable bonds is 4. The Morgan fingerprint density at radius 2 is 1.72 bits per heavy atom. The highest BCUT2D eigenvalue weighted by atomic mass is 35.5. The highest BCUT2D eigenvalue weighted by Crippen LogP contribution is 2.26. The molecular weight excluding hydrogens is 402 g/mol. The SMILES string of the molecule is Cc1nn(C)c(Cl)c1/C=C/C(=O)N1CCCN1C(=O)c1c([N+](=O)[O-])c(C)nn1C. The molecule has 0 atom stereocenters. The van der Waals surface area contributed by atoms with Crippen molar-refractivity contribution in [2.45, 2.75) is 20.3 Å². The summed E-state index contributed by atoms with van der Waals surface area (Å²) in [5.74, 6) is -1.08. The fraction of sp³-hybridized carbons (Fsp3) is 0.412. The van der Waals surface area contributed by atoms with E-state index in [1.165, 1.54) is 39.4 Å². The molecule has 2 aromatic heterocycles. The smallest absolute Gasteiger partial charge is 0.268 e. The summed E-state index contributed by atoms with van der Waals surface area (Å²) in [7, 11) is 3.15. The fourth-order valence-corrected chi connectivity index (χ4v) is 3.59. The van der Waals surface area contributed by atoms with Crippen LogP contribution in [0, 0.1) is 24.0 Å². The molecule has 1 fully saturated rings. The Morgan fingerprint density at radius 3 is 2.31 bits per heavy atom. The van der Waals surface area contributed by atoms with Crippen LogP contribution in [0.5, 0.6) is 0 Å². The molecule has 2 amide bonds. The molecule has 12 heteroatoms. The number of amides is 2. The van der Waals surface area contributed by atoms with Crippen LogP contribution in [0.2, 0.25) is 5.15 Å². The normalized spacial score (nSPS) is 14.2. The van der Waals surface area contributed by atoms with Gasteiger partial charge in [0.1, 0.15) is 10.8 Å². The van der Waals surface area contributed by atoms with Gasteiger partial charge in [-0.25, -0.2) is 10.0 Å². The summed E-state index contributed by atoms with van der Waals surface area (Å²) in [5, 5.41) is 22.4. The second kappa shape index (κ2) is 7.66. The van der Waals surface area contributed by atoms with Crippen LogP contribution in [0.25, 0.3) is 6.08 Å². The van der Waals surface area contributed by atoms with Crippen LogP contribution < -0.4 is 0 Å². The average molecular weight is 422 g/mol.